The molecule has 0 atom stereocenters. The number of amides is 2. The molecule has 1 N–H and O–H groups in total. The molecule has 6 nitrogen and oxygen atoms in total. The molecular weight excluding hydrogens is 330 g/mol. The molecule has 0 bridgehead atoms. The van der Waals surface area contributed by atoms with E-state index in [1.54, 1.807) is 42.3 Å². The summed E-state index contributed by atoms with van der Waals surface area (Å²) in [4.78, 5) is 31.0. The lowest BCUT2D eigenvalue weighted by Crippen LogP contribution is -2.32. The van der Waals surface area contributed by atoms with Gasteiger partial charge in [-0.1, -0.05) is 19.9 Å². The number of aromatic nitrogens is 1. The molecule has 2 amide bonds. The zero-order valence-electron chi connectivity index (χ0n) is 15.5. The molecule has 0 fully saturated rings. The Labute approximate surface area is 154 Å². The quantitative estimate of drug-likeness (QED) is 0.785. The van der Waals surface area contributed by atoms with Crippen molar-refractivity contribution in [3.8, 4) is 5.75 Å². The van der Waals surface area contributed by atoms with Crippen molar-refractivity contribution in [2.45, 2.75) is 26.7 Å². The molecule has 0 aliphatic carbocycles. The molecule has 6 heteroatoms. The van der Waals surface area contributed by atoms with Gasteiger partial charge in [-0.05, 0) is 31.0 Å². The number of carbonyl (C=O) groups excluding carboxylic acids is 2. The Balaban J connectivity index is 2.16. The summed E-state index contributed by atoms with van der Waals surface area (Å²) in [6.45, 7) is 5.44. The van der Waals surface area contributed by atoms with Crippen LogP contribution in [0.15, 0.2) is 42.7 Å². The number of anilines is 1. The largest absolute Gasteiger partial charge is 0.497 e. The van der Waals surface area contributed by atoms with Crippen molar-refractivity contribution in [3.63, 3.8) is 0 Å². The lowest BCUT2D eigenvalue weighted by molar-refractivity contribution is 0.0755. The van der Waals surface area contributed by atoms with Crippen molar-refractivity contribution in [2.24, 2.45) is 0 Å². The number of nitrogens with zero attached hydrogens (tertiary/aromatic N) is 2. The van der Waals surface area contributed by atoms with E-state index in [1.165, 1.54) is 12.4 Å². The van der Waals surface area contributed by atoms with E-state index < -0.39 is 0 Å². The fraction of sp³-hybridized carbons (Fsp3) is 0.350. The number of rotatable bonds is 8. The van der Waals surface area contributed by atoms with Crippen LogP contribution in [0, 0.1) is 0 Å². The summed E-state index contributed by atoms with van der Waals surface area (Å²) in [6.07, 6.45) is 4.73. The third kappa shape index (κ3) is 5.05. The van der Waals surface area contributed by atoms with Gasteiger partial charge >= 0.3 is 0 Å². The number of benzene rings is 1. The molecule has 1 aromatic heterocycles. The van der Waals surface area contributed by atoms with Gasteiger partial charge in [0.05, 0.1) is 18.2 Å². The van der Waals surface area contributed by atoms with Gasteiger partial charge in [-0.15, -0.1) is 0 Å². The maximum atomic E-state index is 12.7. The topological polar surface area (TPSA) is 71.5 Å². The van der Waals surface area contributed by atoms with E-state index in [2.05, 4.69) is 10.3 Å². The molecule has 1 aromatic carbocycles. The van der Waals surface area contributed by atoms with E-state index in [-0.39, 0.29) is 11.8 Å². The van der Waals surface area contributed by atoms with Crippen LogP contribution in [0.3, 0.4) is 0 Å². The Hall–Kier alpha value is -2.89. The summed E-state index contributed by atoms with van der Waals surface area (Å²) in [6, 6.07) is 8.67. The fourth-order valence-electron chi connectivity index (χ4n) is 2.62. The highest BCUT2D eigenvalue weighted by Gasteiger charge is 2.17. The molecule has 0 saturated heterocycles. The summed E-state index contributed by atoms with van der Waals surface area (Å²) >= 11 is 0. The Kier molecular flexibility index (Phi) is 7.14. The van der Waals surface area contributed by atoms with Crippen LogP contribution < -0.4 is 10.1 Å². The summed E-state index contributed by atoms with van der Waals surface area (Å²) in [5, 5.41) is 2.79. The Bertz CT molecular complexity index is 755. The molecule has 2 rings (SSSR count). The van der Waals surface area contributed by atoms with Gasteiger partial charge < -0.3 is 15.0 Å². The standard InChI is InChI=1S/C20H25N3O3/c1-4-9-23(10-5-2)20(25)16-11-15(13-21-14-16)19(24)22-17-7-6-8-18(12-17)26-3/h6-8,11-14H,4-5,9-10H2,1-3H3,(H,22,24). The molecule has 26 heavy (non-hydrogen) atoms. The van der Waals surface area contributed by atoms with E-state index in [4.69, 9.17) is 4.74 Å². The predicted molar refractivity (Wildman–Crippen MR) is 102 cm³/mol. The lowest BCUT2D eigenvalue weighted by atomic mass is 10.1. The molecule has 0 saturated carbocycles. The summed E-state index contributed by atoms with van der Waals surface area (Å²) in [7, 11) is 1.57. The first-order valence-electron chi connectivity index (χ1n) is 8.78. The van der Waals surface area contributed by atoms with Crippen LogP contribution in [0.2, 0.25) is 0 Å². The molecule has 2 aromatic rings. The van der Waals surface area contributed by atoms with Crippen molar-refractivity contribution in [2.75, 3.05) is 25.5 Å². The van der Waals surface area contributed by atoms with Crippen LogP contribution in [0.1, 0.15) is 47.4 Å². The van der Waals surface area contributed by atoms with E-state index in [0.29, 0.717) is 35.7 Å². The number of methoxy groups -OCH3 is 1. The Morgan fingerprint density at radius 2 is 1.77 bits per heavy atom. The van der Waals surface area contributed by atoms with Gasteiger partial charge in [0, 0.05) is 37.2 Å². The Morgan fingerprint density at radius 1 is 1.08 bits per heavy atom. The number of hydrogen-bond acceptors (Lipinski definition) is 4. The number of carbonyl (C=O) groups is 2. The van der Waals surface area contributed by atoms with Gasteiger partial charge in [0.1, 0.15) is 5.75 Å². The second-order valence-electron chi connectivity index (χ2n) is 5.94. The number of pyridine rings is 1. The van der Waals surface area contributed by atoms with Crippen molar-refractivity contribution in [1.29, 1.82) is 0 Å². The second kappa shape index (κ2) is 9.56. The van der Waals surface area contributed by atoms with E-state index in [1.807, 2.05) is 13.8 Å². The van der Waals surface area contributed by atoms with Gasteiger partial charge in [0.2, 0.25) is 0 Å². The van der Waals surface area contributed by atoms with Crippen LogP contribution in [-0.2, 0) is 0 Å². The number of ether oxygens (including phenoxy) is 1. The fourth-order valence-corrected chi connectivity index (χ4v) is 2.62. The molecule has 0 radical (unpaired) electrons. The van der Waals surface area contributed by atoms with Crippen LogP contribution in [0.5, 0.6) is 5.75 Å². The van der Waals surface area contributed by atoms with Gasteiger partial charge in [-0.2, -0.15) is 0 Å². The highest BCUT2D eigenvalue weighted by atomic mass is 16.5. The molecule has 0 aliphatic heterocycles. The first kappa shape index (κ1) is 19.4. The smallest absolute Gasteiger partial charge is 0.257 e. The minimum absolute atomic E-state index is 0.0998. The average Bonchev–Trinajstić information content (AvgIpc) is 2.67. The highest BCUT2D eigenvalue weighted by molar-refractivity contribution is 6.05. The molecule has 0 aliphatic rings. The minimum Gasteiger partial charge on any atom is -0.497 e. The van der Waals surface area contributed by atoms with Crippen molar-refractivity contribution < 1.29 is 14.3 Å². The maximum Gasteiger partial charge on any atom is 0.257 e. The maximum absolute atomic E-state index is 12.7. The second-order valence-corrected chi connectivity index (χ2v) is 5.94. The van der Waals surface area contributed by atoms with Crippen molar-refractivity contribution >= 4 is 17.5 Å². The lowest BCUT2D eigenvalue weighted by Gasteiger charge is -2.21. The third-order valence-corrected chi connectivity index (χ3v) is 3.85. The zero-order chi connectivity index (χ0) is 18.9. The normalized spacial score (nSPS) is 10.3. The third-order valence-electron chi connectivity index (χ3n) is 3.85. The Morgan fingerprint density at radius 3 is 2.42 bits per heavy atom. The molecular formula is C20H25N3O3. The van der Waals surface area contributed by atoms with Crippen LogP contribution in [0.25, 0.3) is 0 Å². The van der Waals surface area contributed by atoms with Crippen LogP contribution >= 0.6 is 0 Å². The first-order valence-corrected chi connectivity index (χ1v) is 8.78. The molecule has 138 valence electrons. The van der Waals surface area contributed by atoms with Crippen molar-refractivity contribution in [3.05, 3.63) is 53.9 Å². The van der Waals surface area contributed by atoms with Gasteiger partial charge in [-0.3, -0.25) is 14.6 Å². The number of hydrogen-bond donors (Lipinski definition) is 1. The number of nitrogens with one attached hydrogen (secondary N) is 1. The predicted octanol–water partition coefficient (Wildman–Crippen LogP) is 3.60. The van der Waals surface area contributed by atoms with Crippen LogP contribution in [0.4, 0.5) is 5.69 Å². The highest BCUT2D eigenvalue weighted by Crippen LogP contribution is 2.18. The first-order chi connectivity index (χ1) is 12.6. The summed E-state index contributed by atoms with van der Waals surface area (Å²) in [5.41, 5.74) is 1.38. The van der Waals surface area contributed by atoms with Gasteiger partial charge in [-0.25, -0.2) is 0 Å². The SMILES string of the molecule is CCCN(CCC)C(=O)c1cncc(C(=O)Nc2cccc(OC)c2)c1. The summed E-state index contributed by atoms with van der Waals surface area (Å²) in [5.74, 6) is 0.231. The van der Waals surface area contributed by atoms with E-state index in [0.717, 1.165) is 12.8 Å². The molecule has 0 unspecified atom stereocenters. The van der Waals surface area contributed by atoms with Crippen LogP contribution in [-0.4, -0.2) is 41.9 Å². The van der Waals surface area contributed by atoms with Crippen molar-refractivity contribution in [1.82, 2.24) is 9.88 Å². The minimum atomic E-state index is -0.321. The summed E-state index contributed by atoms with van der Waals surface area (Å²) < 4.78 is 5.15. The monoisotopic (exact) mass is 355 g/mol. The molecule has 0 spiro atoms. The van der Waals surface area contributed by atoms with Gasteiger partial charge in [0.25, 0.3) is 11.8 Å². The molecule has 1 heterocycles. The zero-order valence-corrected chi connectivity index (χ0v) is 15.5. The average molecular weight is 355 g/mol. The van der Waals surface area contributed by atoms with E-state index in [9.17, 15) is 9.59 Å². The van der Waals surface area contributed by atoms with Gasteiger partial charge in [0.15, 0.2) is 0 Å². The van der Waals surface area contributed by atoms with E-state index >= 15 is 0 Å².